The van der Waals surface area contributed by atoms with Crippen molar-refractivity contribution in [2.24, 2.45) is 7.05 Å². The van der Waals surface area contributed by atoms with E-state index in [0.717, 1.165) is 28.3 Å². The molecule has 2 amide bonds. The predicted molar refractivity (Wildman–Crippen MR) is 107 cm³/mol. The van der Waals surface area contributed by atoms with Crippen molar-refractivity contribution in [1.29, 1.82) is 0 Å². The summed E-state index contributed by atoms with van der Waals surface area (Å²) >= 11 is 0. The average Bonchev–Trinajstić information content (AvgIpc) is 2.95. The van der Waals surface area contributed by atoms with Gasteiger partial charge in [0.25, 0.3) is 0 Å². The van der Waals surface area contributed by atoms with Crippen LogP contribution in [0.25, 0.3) is 11.1 Å². The zero-order chi connectivity index (χ0) is 20.1. The Bertz CT molecular complexity index is 955. The lowest BCUT2D eigenvalue weighted by Gasteiger charge is -2.16. The molecule has 146 valence electrons. The molecule has 0 saturated heterocycles. The van der Waals surface area contributed by atoms with Crippen LogP contribution in [0.3, 0.4) is 0 Å². The van der Waals surface area contributed by atoms with Crippen LogP contribution in [0.15, 0.2) is 42.9 Å². The molecule has 0 aliphatic carbocycles. The van der Waals surface area contributed by atoms with E-state index >= 15 is 0 Å². The van der Waals surface area contributed by atoms with Gasteiger partial charge in [-0.1, -0.05) is 18.2 Å². The fourth-order valence-corrected chi connectivity index (χ4v) is 3.14. The van der Waals surface area contributed by atoms with E-state index in [9.17, 15) is 4.79 Å². The van der Waals surface area contributed by atoms with Gasteiger partial charge in [0.2, 0.25) is 0 Å². The summed E-state index contributed by atoms with van der Waals surface area (Å²) < 4.78 is 7.13. The van der Waals surface area contributed by atoms with Crippen LogP contribution in [0.1, 0.15) is 18.3 Å². The number of urea groups is 1. The number of carbonyl (C=O) groups is 1. The number of nitrogens with one attached hydrogen (secondary N) is 2. The van der Waals surface area contributed by atoms with Gasteiger partial charge in [-0.05, 0) is 19.9 Å². The van der Waals surface area contributed by atoms with Gasteiger partial charge in [0.05, 0.1) is 24.1 Å². The highest BCUT2D eigenvalue weighted by Crippen LogP contribution is 2.37. The van der Waals surface area contributed by atoms with E-state index < -0.39 is 0 Å². The third-order valence-corrected chi connectivity index (χ3v) is 4.34. The number of benzene rings is 1. The minimum Gasteiger partial charge on any atom is -0.496 e. The molecule has 0 radical (unpaired) electrons. The maximum atomic E-state index is 12.6. The SMILES string of the molecule is COc1ccccc1-c1c(C)nn(C)c1NC(=O)NC(C)Cc1cnccn1. The average molecular weight is 380 g/mol. The third-order valence-electron chi connectivity index (χ3n) is 4.34. The number of aromatic nitrogens is 4. The van der Waals surface area contributed by atoms with Crippen molar-refractivity contribution >= 4 is 11.8 Å². The summed E-state index contributed by atoms with van der Waals surface area (Å²) in [5.41, 5.74) is 3.33. The molecule has 0 bridgehead atoms. The third kappa shape index (κ3) is 4.28. The maximum Gasteiger partial charge on any atom is 0.320 e. The first-order chi connectivity index (χ1) is 13.5. The van der Waals surface area contributed by atoms with Gasteiger partial charge in [-0.25, -0.2) is 4.79 Å². The molecule has 1 aromatic carbocycles. The molecule has 8 heteroatoms. The van der Waals surface area contributed by atoms with Crippen LogP contribution in [-0.2, 0) is 13.5 Å². The van der Waals surface area contributed by atoms with Crippen LogP contribution in [0.4, 0.5) is 10.6 Å². The summed E-state index contributed by atoms with van der Waals surface area (Å²) in [6.07, 6.45) is 5.55. The van der Waals surface area contributed by atoms with Crippen molar-refractivity contribution in [2.45, 2.75) is 26.3 Å². The Morgan fingerprint density at radius 2 is 2.07 bits per heavy atom. The largest absolute Gasteiger partial charge is 0.496 e. The van der Waals surface area contributed by atoms with Crippen LogP contribution in [0.5, 0.6) is 5.75 Å². The minimum absolute atomic E-state index is 0.110. The summed E-state index contributed by atoms with van der Waals surface area (Å²) in [4.78, 5) is 20.9. The number of aryl methyl sites for hydroxylation is 2. The molecule has 3 aromatic rings. The van der Waals surface area contributed by atoms with E-state index in [1.54, 1.807) is 37.4 Å². The van der Waals surface area contributed by atoms with Gasteiger partial charge in [-0.15, -0.1) is 0 Å². The molecule has 0 fully saturated rings. The molecule has 2 heterocycles. The maximum absolute atomic E-state index is 12.6. The number of nitrogens with zero attached hydrogens (tertiary/aromatic N) is 4. The lowest BCUT2D eigenvalue weighted by molar-refractivity contribution is 0.249. The monoisotopic (exact) mass is 380 g/mol. The van der Waals surface area contributed by atoms with Gasteiger partial charge in [0.15, 0.2) is 0 Å². The molecule has 1 atom stereocenters. The summed E-state index contributed by atoms with van der Waals surface area (Å²) in [7, 11) is 3.42. The molecule has 0 aliphatic rings. The quantitative estimate of drug-likeness (QED) is 0.686. The Morgan fingerprint density at radius 1 is 1.29 bits per heavy atom. The van der Waals surface area contributed by atoms with Crippen LogP contribution in [0, 0.1) is 6.92 Å². The number of methoxy groups -OCH3 is 1. The normalized spacial score (nSPS) is 11.7. The second kappa shape index (κ2) is 8.51. The Labute approximate surface area is 164 Å². The van der Waals surface area contributed by atoms with E-state index in [1.807, 2.05) is 38.1 Å². The number of rotatable bonds is 6. The van der Waals surface area contributed by atoms with E-state index in [2.05, 4.69) is 25.7 Å². The van der Waals surface area contributed by atoms with Crippen molar-refractivity contribution in [3.63, 3.8) is 0 Å². The van der Waals surface area contributed by atoms with Gasteiger partial charge in [-0.2, -0.15) is 5.10 Å². The second-order valence-electron chi connectivity index (χ2n) is 6.53. The second-order valence-corrected chi connectivity index (χ2v) is 6.53. The van der Waals surface area contributed by atoms with Gasteiger partial charge >= 0.3 is 6.03 Å². The molecule has 0 aliphatic heterocycles. The highest BCUT2D eigenvalue weighted by molar-refractivity contribution is 5.94. The molecular formula is C20H24N6O2. The summed E-state index contributed by atoms with van der Waals surface area (Å²) in [5.74, 6) is 1.32. The van der Waals surface area contributed by atoms with Crippen molar-refractivity contribution in [3.8, 4) is 16.9 Å². The lowest BCUT2D eigenvalue weighted by Crippen LogP contribution is -2.38. The van der Waals surface area contributed by atoms with Crippen molar-refractivity contribution < 1.29 is 9.53 Å². The highest BCUT2D eigenvalue weighted by Gasteiger charge is 2.20. The Kier molecular flexibility index (Phi) is 5.88. The fourth-order valence-electron chi connectivity index (χ4n) is 3.14. The number of anilines is 1. The van der Waals surface area contributed by atoms with Crippen LogP contribution < -0.4 is 15.4 Å². The molecule has 2 N–H and O–H groups in total. The predicted octanol–water partition coefficient (Wildman–Crippen LogP) is 2.95. The van der Waals surface area contributed by atoms with Crippen LogP contribution in [0.2, 0.25) is 0 Å². The smallest absolute Gasteiger partial charge is 0.320 e. The fraction of sp³-hybridized carbons (Fsp3) is 0.300. The number of carbonyl (C=O) groups excluding carboxylic acids is 1. The zero-order valence-corrected chi connectivity index (χ0v) is 16.4. The number of hydrogen-bond donors (Lipinski definition) is 2. The first kappa shape index (κ1) is 19.3. The molecule has 3 rings (SSSR count). The van der Waals surface area contributed by atoms with Gasteiger partial charge in [0.1, 0.15) is 11.6 Å². The van der Waals surface area contributed by atoms with E-state index in [0.29, 0.717) is 12.2 Å². The lowest BCUT2D eigenvalue weighted by atomic mass is 10.0. The number of hydrogen-bond acceptors (Lipinski definition) is 5. The highest BCUT2D eigenvalue weighted by atomic mass is 16.5. The molecule has 28 heavy (non-hydrogen) atoms. The van der Waals surface area contributed by atoms with Crippen molar-refractivity contribution in [1.82, 2.24) is 25.1 Å². The Hall–Kier alpha value is -3.42. The molecule has 8 nitrogen and oxygen atoms in total. The van der Waals surface area contributed by atoms with Crippen molar-refractivity contribution in [2.75, 3.05) is 12.4 Å². The zero-order valence-electron chi connectivity index (χ0n) is 16.4. The summed E-state index contributed by atoms with van der Waals surface area (Å²) in [6, 6.07) is 7.24. The van der Waals surface area contributed by atoms with E-state index in [-0.39, 0.29) is 12.1 Å². The Morgan fingerprint density at radius 3 is 2.79 bits per heavy atom. The standard InChI is InChI=1S/C20H24N6O2/c1-13(11-15-12-21-9-10-22-15)23-20(27)24-19-18(14(2)25-26(19)3)16-7-5-6-8-17(16)28-4/h5-10,12-13H,11H2,1-4H3,(H2,23,24,27). The van der Waals surface area contributed by atoms with Gasteiger partial charge < -0.3 is 10.1 Å². The van der Waals surface area contributed by atoms with E-state index in [1.165, 1.54) is 0 Å². The first-order valence-corrected chi connectivity index (χ1v) is 8.99. The summed E-state index contributed by atoms with van der Waals surface area (Å²) in [6.45, 7) is 3.82. The molecular weight excluding hydrogens is 356 g/mol. The Balaban J connectivity index is 1.78. The van der Waals surface area contributed by atoms with Crippen LogP contribution >= 0.6 is 0 Å². The van der Waals surface area contributed by atoms with E-state index in [4.69, 9.17) is 4.74 Å². The number of para-hydroxylation sites is 1. The van der Waals surface area contributed by atoms with Crippen molar-refractivity contribution in [3.05, 3.63) is 54.2 Å². The molecule has 0 spiro atoms. The molecule has 0 saturated carbocycles. The van der Waals surface area contributed by atoms with Crippen LogP contribution in [-0.4, -0.2) is 38.9 Å². The topological polar surface area (TPSA) is 94.0 Å². The number of amides is 2. The molecule has 1 unspecified atom stereocenters. The minimum atomic E-state index is -0.310. The summed E-state index contributed by atoms with van der Waals surface area (Å²) in [5, 5.41) is 10.3. The first-order valence-electron chi connectivity index (χ1n) is 8.99. The molecule has 2 aromatic heterocycles. The van der Waals surface area contributed by atoms with Gasteiger partial charge in [-0.3, -0.25) is 20.0 Å². The van der Waals surface area contributed by atoms with Gasteiger partial charge in [0, 0.05) is 43.7 Å². The number of ether oxygens (including phenoxy) is 1.